The van der Waals surface area contributed by atoms with Crippen molar-refractivity contribution < 1.29 is 0 Å². The van der Waals surface area contributed by atoms with E-state index in [9.17, 15) is 0 Å². The number of anilines is 3. The third-order valence-electron chi connectivity index (χ3n) is 3.53. The molecule has 4 nitrogen and oxygen atoms in total. The van der Waals surface area contributed by atoms with Crippen molar-refractivity contribution in [2.24, 2.45) is 0 Å². The monoisotopic (exact) mass is 284 g/mol. The summed E-state index contributed by atoms with van der Waals surface area (Å²) in [6.45, 7) is 7.22. The van der Waals surface area contributed by atoms with E-state index < -0.39 is 0 Å². The SMILES string of the molecule is CCCNc1ncc(C)c(N(C)c2ccc(CC)cc2)n1. The van der Waals surface area contributed by atoms with Gasteiger partial charge in [0, 0.05) is 31.0 Å². The summed E-state index contributed by atoms with van der Waals surface area (Å²) in [5.41, 5.74) is 3.55. The third-order valence-corrected chi connectivity index (χ3v) is 3.53. The first-order chi connectivity index (χ1) is 10.2. The Balaban J connectivity index is 2.25. The average Bonchev–Trinajstić information content (AvgIpc) is 2.53. The van der Waals surface area contributed by atoms with Gasteiger partial charge in [-0.2, -0.15) is 4.98 Å². The van der Waals surface area contributed by atoms with Gasteiger partial charge in [-0.3, -0.25) is 0 Å². The summed E-state index contributed by atoms with van der Waals surface area (Å²) in [7, 11) is 2.04. The van der Waals surface area contributed by atoms with Crippen LogP contribution in [0.4, 0.5) is 17.5 Å². The van der Waals surface area contributed by atoms with Gasteiger partial charge in [-0.15, -0.1) is 0 Å². The Morgan fingerprint density at radius 2 is 1.86 bits per heavy atom. The van der Waals surface area contributed by atoms with Gasteiger partial charge >= 0.3 is 0 Å². The van der Waals surface area contributed by atoms with E-state index in [1.165, 1.54) is 5.56 Å². The minimum Gasteiger partial charge on any atom is -0.354 e. The van der Waals surface area contributed by atoms with Crippen LogP contribution in [-0.2, 0) is 6.42 Å². The number of rotatable bonds is 6. The molecule has 2 rings (SSSR count). The molecule has 2 aromatic rings. The summed E-state index contributed by atoms with van der Waals surface area (Å²) in [5.74, 6) is 1.63. The Morgan fingerprint density at radius 3 is 2.48 bits per heavy atom. The maximum Gasteiger partial charge on any atom is 0.224 e. The summed E-state index contributed by atoms with van der Waals surface area (Å²) in [6, 6.07) is 8.61. The van der Waals surface area contributed by atoms with E-state index in [2.05, 4.69) is 58.3 Å². The Kier molecular flexibility index (Phi) is 5.14. The van der Waals surface area contributed by atoms with Crippen LogP contribution in [-0.4, -0.2) is 23.6 Å². The molecule has 0 aliphatic carbocycles. The lowest BCUT2D eigenvalue weighted by Gasteiger charge is -2.21. The Bertz CT molecular complexity index is 578. The second-order valence-electron chi connectivity index (χ2n) is 5.21. The van der Waals surface area contributed by atoms with Gasteiger partial charge in [-0.25, -0.2) is 4.98 Å². The van der Waals surface area contributed by atoms with Crippen molar-refractivity contribution in [2.75, 3.05) is 23.8 Å². The highest BCUT2D eigenvalue weighted by Gasteiger charge is 2.10. The molecular weight excluding hydrogens is 260 g/mol. The summed E-state index contributed by atoms with van der Waals surface area (Å²) < 4.78 is 0. The second-order valence-corrected chi connectivity index (χ2v) is 5.21. The van der Waals surface area contributed by atoms with Gasteiger partial charge in [-0.05, 0) is 37.5 Å². The van der Waals surface area contributed by atoms with Crippen LogP contribution >= 0.6 is 0 Å². The normalized spacial score (nSPS) is 10.5. The number of nitrogens with zero attached hydrogens (tertiary/aromatic N) is 3. The fourth-order valence-corrected chi connectivity index (χ4v) is 2.17. The molecule has 21 heavy (non-hydrogen) atoms. The maximum atomic E-state index is 4.63. The molecule has 4 heteroatoms. The first kappa shape index (κ1) is 15.3. The van der Waals surface area contributed by atoms with Gasteiger partial charge in [0.1, 0.15) is 5.82 Å². The molecule has 0 atom stereocenters. The van der Waals surface area contributed by atoms with Crippen LogP contribution in [0.1, 0.15) is 31.4 Å². The van der Waals surface area contributed by atoms with Crippen LogP contribution < -0.4 is 10.2 Å². The fraction of sp³-hybridized carbons (Fsp3) is 0.412. The van der Waals surface area contributed by atoms with E-state index in [-0.39, 0.29) is 0 Å². The highest BCUT2D eigenvalue weighted by Crippen LogP contribution is 2.25. The van der Waals surface area contributed by atoms with Crippen molar-refractivity contribution in [1.82, 2.24) is 9.97 Å². The predicted octanol–water partition coefficient (Wildman–Crippen LogP) is 3.94. The maximum absolute atomic E-state index is 4.63. The summed E-state index contributed by atoms with van der Waals surface area (Å²) in [6.07, 6.45) is 3.99. The Labute approximate surface area is 127 Å². The number of nitrogens with one attached hydrogen (secondary N) is 1. The van der Waals surface area contributed by atoms with Crippen LogP contribution in [0.25, 0.3) is 0 Å². The van der Waals surface area contributed by atoms with Crippen LogP contribution in [0.2, 0.25) is 0 Å². The minimum atomic E-state index is 0.689. The highest BCUT2D eigenvalue weighted by molar-refractivity contribution is 5.62. The summed E-state index contributed by atoms with van der Waals surface area (Å²) >= 11 is 0. The van der Waals surface area contributed by atoms with Crippen LogP contribution in [0.15, 0.2) is 30.5 Å². The van der Waals surface area contributed by atoms with Gasteiger partial charge in [-0.1, -0.05) is 26.0 Å². The van der Waals surface area contributed by atoms with E-state index >= 15 is 0 Å². The molecule has 0 amide bonds. The lowest BCUT2D eigenvalue weighted by Crippen LogP contribution is -2.15. The van der Waals surface area contributed by atoms with E-state index in [0.717, 1.165) is 36.5 Å². The number of benzene rings is 1. The topological polar surface area (TPSA) is 41.1 Å². The molecule has 0 saturated heterocycles. The van der Waals surface area contributed by atoms with Gasteiger partial charge in [0.25, 0.3) is 0 Å². The lowest BCUT2D eigenvalue weighted by molar-refractivity contribution is 0.944. The summed E-state index contributed by atoms with van der Waals surface area (Å²) in [5, 5.41) is 3.24. The Hall–Kier alpha value is -2.10. The number of aromatic nitrogens is 2. The molecule has 0 unspecified atom stereocenters. The van der Waals surface area contributed by atoms with Crippen LogP contribution in [0.5, 0.6) is 0 Å². The molecule has 0 saturated carbocycles. The molecular formula is C17H24N4. The van der Waals surface area contributed by atoms with Crippen molar-refractivity contribution >= 4 is 17.5 Å². The van der Waals surface area contributed by atoms with Crippen molar-refractivity contribution in [2.45, 2.75) is 33.6 Å². The molecule has 112 valence electrons. The smallest absolute Gasteiger partial charge is 0.224 e. The van der Waals surface area contributed by atoms with Gasteiger partial charge in [0.15, 0.2) is 0 Å². The highest BCUT2D eigenvalue weighted by atomic mass is 15.2. The zero-order chi connectivity index (χ0) is 15.2. The van der Waals surface area contributed by atoms with Crippen LogP contribution in [0, 0.1) is 6.92 Å². The van der Waals surface area contributed by atoms with E-state index in [1.54, 1.807) is 0 Å². The molecule has 0 fully saturated rings. The largest absolute Gasteiger partial charge is 0.354 e. The molecule has 1 heterocycles. The van der Waals surface area contributed by atoms with Gasteiger partial charge in [0.2, 0.25) is 5.95 Å². The van der Waals surface area contributed by atoms with Crippen molar-refractivity contribution in [3.05, 3.63) is 41.6 Å². The van der Waals surface area contributed by atoms with Gasteiger partial charge < -0.3 is 10.2 Å². The summed E-state index contributed by atoms with van der Waals surface area (Å²) in [4.78, 5) is 11.1. The predicted molar refractivity (Wildman–Crippen MR) is 89.4 cm³/mol. The zero-order valence-corrected chi connectivity index (χ0v) is 13.3. The zero-order valence-electron chi connectivity index (χ0n) is 13.3. The van der Waals surface area contributed by atoms with Crippen molar-refractivity contribution in [3.63, 3.8) is 0 Å². The number of aryl methyl sites for hydroxylation is 2. The van der Waals surface area contributed by atoms with Crippen LogP contribution in [0.3, 0.4) is 0 Å². The standard InChI is InChI=1S/C17H24N4/c1-5-11-18-17-19-12-13(3)16(20-17)21(4)15-9-7-14(6-2)8-10-15/h7-10,12H,5-6,11H2,1-4H3,(H,18,19,20). The number of hydrogen-bond donors (Lipinski definition) is 1. The molecule has 1 aromatic carbocycles. The number of hydrogen-bond acceptors (Lipinski definition) is 4. The van der Waals surface area contributed by atoms with Gasteiger partial charge in [0.05, 0.1) is 0 Å². The average molecular weight is 284 g/mol. The minimum absolute atomic E-state index is 0.689. The Morgan fingerprint density at radius 1 is 1.14 bits per heavy atom. The molecule has 0 spiro atoms. The van der Waals surface area contributed by atoms with E-state index in [4.69, 9.17) is 0 Å². The fourth-order valence-electron chi connectivity index (χ4n) is 2.17. The first-order valence-electron chi connectivity index (χ1n) is 7.55. The quantitative estimate of drug-likeness (QED) is 0.872. The van der Waals surface area contributed by atoms with Crippen molar-refractivity contribution in [1.29, 1.82) is 0 Å². The molecule has 0 aliphatic heterocycles. The van der Waals surface area contributed by atoms with E-state index in [0.29, 0.717) is 5.95 Å². The lowest BCUT2D eigenvalue weighted by atomic mass is 10.1. The molecule has 1 N–H and O–H groups in total. The second kappa shape index (κ2) is 7.07. The third kappa shape index (κ3) is 3.72. The molecule has 1 aromatic heterocycles. The van der Waals surface area contributed by atoms with Crippen molar-refractivity contribution in [3.8, 4) is 0 Å². The molecule has 0 bridgehead atoms. The molecule has 0 aliphatic rings. The first-order valence-corrected chi connectivity index (χ1v) is 7.55. The van der Waals surface area contributed by atoms with E-state index in [1.807, 2.05) is 20.2 Å². The molecule has 0 radical (unpaired) electrons.